The predicted molar refractivity (Wildman–Crippen MR) is 54.7 cm³/mol. The first-order valence-electron chi connectivity index (χ1n) is 5.27. The minimum Gasteiger partial charge on any atom is -0.311 e. The molecule has 15 heavy (non-hydrogen) atoms. The van der Waals surface area contributed by atoms with Crippen LogP contribution in [0, 0.1) is 0 Å². The van der Waals surface area contributed by atoms with Crippen LogP contribution >= 0.6 is 0 Å². The van der Waals surface area contributed by atoms with Crippen LogP contribution in [-0.2, 0) is 6.54 Å². The zero-order valence-electron chi connectivity index (χ0n) is 8.92. The number of unbranched alkanes of at least 4 members (excludes halogenated alkanes) is 2. The van der Waals surface area contributed by atoms with Crippen LogP contribution in [0.1, 0.15) is 38.4 Å². The molecule has 1 aromatic rings. The van der Waals surface area contributed by atoms with Gasteiger partial charge >= 0.3 is 6.55 Å². The van der Waals surface area contributed by atoms with E-state index in [1.807, 2.05) is 0 Å². The Labute approximate surface area is 88.5 Å². The largest absolute Gasteiger partial charge is 0.333 e. The smallest absolute Gasteiger partial charge is 0.311 e. The van der Waals surface area contributed by atoms with Crippen molar-refractivity contribution in [3.63, 3.8) is 0 Å². The van der Waals surface area contributed by atoms with E-state index >= 15 is 0 Å². The topological polar surface area (TPSA) is 29.9 Å². The molecule has 0 saturated heterocycles. The fourth-order valence-corrected chi connectivity index (χ4v) is 1.30. The molecule has 1 rings (SSSR count). The Morgan fingerprint density at radius 3 is 2.87 bits per heavy atom. The summed E-state index contributed by atoms with van der Waals surface area (Å²) in [6.07, 6.45) is 4.79. The normalized spacial score (nSPS) is 11.2. The highest BCUT2D eigenvalue weighted by atomic mass is 19.3. The number of hydrogen-bond acceptors (Lipinski definition) is 2. The van der Waals surface area contributed by atoms with Crippen molar-refractivity contribution in [2.24, 2.45) is 0 Å². The molecule has 0 bridgehead atoms. The summed E-state index contributed by atoms with van der Waals surface area (Å²) in [5.41, 5.74) is 0.659. The minimum atomic E-state index is -2.54. The first-order chi connectivity index (χ1) is 7.24. The molecule has 0 aromatic carbocycles. The maximum absolute atomic E-state index is 12.1. The lowest BCUT2D eigenvalue weighted by atomic mass is 10.2. The van der Waals surface area contributed by atoms with Crippen molar-refractivity contribution in [1.29, 1.82) is 0 Å². The van der Waals surface area contributed by atoms with E-state index in [1.54, 1.807) is 6.07 Å². The third-order valence-corrected chi connectivity index (χ3v) is 2.13. The van der Waals surface area contributed by atoms with Gasteiger partial charge in [-0.2, -0.15) is 13.9 Å². The highest BCUT2D eigenvalue weighted by molar-refractivity contribution is 4.98. The second-order valence-electron chi connectivity index (χ2n) is 3.45. The van der Waals surface area contributed by atoms with Gasteiger partial charge in [0.2, 0.25) is 0 Å². The predicted octanol–water partition coefficient (Wildman–Crippen LogP) is 2.56. The Hall–Kier alpha value is -0.970. The van der Waals surface area contributed by atoms with Crippen LogP contribution in [0.4, 0.5) is 8.78 Å². The lowest BCUT2D eigenvalue weighted by molar-refractivity contribution is 0.0561. The van der Waals surface area contributed by atoms with E-state index in [0.29, 0.717) is 16.9 Å². The molecule has 1 aromatic heterocycles. The number of aromatic nitrogens is 2. The highest BCUT2D eigenvalue weighted by Crippen LogP contribution is 2.08. The summed E-state index contributed by atoms with van der Waals surface area (Å²) in [5.74, 6) is 0. The van der Waals surface area contributed by atoms with Crippen molar-refractivity contribution < 1.29 is 8.78 Å². The van der Waals surface area contributed by atoms with E-state index < -0.39 is 6.55 Å². The van der Waals surface area contributed by atoms with E-state index in [0.717, 1.165) is 13.0 Å². The van der Waals surface area contributed by atoms with Gasteiger partial charge in [-0.1, -0.05) is 19.8 Å². The van der Waals surface area contributed by atoms with Gasteiger partial charge in [0.15, 0.2) is 0 Å². The summed E-state index contributed by atoms with van der Waals surface area (Å²) >= 11 is 0. The van der Waals surface area contributed by atoms with Crippen molar-refractivity contribution in [1.82, 2.24) is 15.1 Å². The van der Waals surface area contributed by atoms with Crippen LogP contribution in [0.3, 0.4) is 0 Å². The number of alkyl halides is 2. The summed E-state index contributed by atoms with van der Waals surface area (Å²) in [7, 11) is 0. The maximum atomic E-state index is 12.1. The standard InChI is InChI=1S/C10H17F2N3/c1-2-3-4-6-13-8-9-5-7-15(14-9)10(11)12/h5,7,10,13H,2-4,6,8H2,1H3. The number of hydrogen-bond donors (Lipinski definition) is 1. The summed E-state index contributed by atoms with van der Waals surface area (Å²) in [4.78, 5) is 0. The van der Waals surface area contributed by atoms with Crippen LogP contribution < -0.4 is 5.32 Å². The maximum Gasteiger partial charge on any atom is 0.333 e. The molecular weight excluding hydrogens is 200 g/mol. The molecule has 0 amide bonds. The quantitative estimate of drug-likeness (QED) is 0.711. The van der Waals surface area contributed by atoms with Crippen molar-refractivity contribution >= 4 is 0 Å². The number of nitrogens with zero attached hydrogens (tertiary/aromatic N) is 2. The Morgan fingerprint density at radius 2 is 2.27 bits per heavy atom. The molecule has 5 heteroatoms. The number of nitrogens with one attached hydrogen (secondary N) is 1. The number of rotatable bonds is 7. The average molecular weight is 217 g/mol. The Morgan fingerprint density at radius 1 is 1.47 bits per heavy atom. The van der Waals surface area contributed by atoms with Gasteiger partial charge in [-0.05, 0) is 19.0 Å². The van der Waals surface area contributed by atoms with Gasteiger partial charge in [0.1, 0.15) is 0 Å². The zero-order valence-corrected chi connectivity index (χ0v) is 8.92. The Balaban J connectivity index is 2.20. The lowest BCUT2D eigenvalue weighted by Crippen LogP contribution is -2.15. The minimum absolute atomic E-state index is 0.559. The van der Waals surface area contributed by atoms with Crippen LogP contribution in [0.15, 0.2) is 12.3 Å². The number of halogens is 2. The van der Waals surface area contributed by atoms with E-state index in [2.05, 4.69) is 17.3 Å². The second-order valence-corrected chi connectivity index (χ2v) is 3.45. The molecule has 0 radical (unpaired) electrons. The summed E-state index contributed by atoms with van der Waals surface area (Å²) in [5, 5.41) is 6.90. The molecule has 0 spiro atoms. The lowest BCUT2D eigenvalue weighted by Gasteiger charge is -2.01. The molecule has 0 aliphatic carbocycles. The first-order valence-corrected chi connectivity index (χ1v) is 5.27. The zero-order chi connectivity index (χ0) is 11.1. The molecule has 1 N–H and O–H groups in total. The molecule has 0 saturated carbocycles. The second kappa shape index (κ2) is 6.50. The first kappa shape index (κ1) is 12.1. The summed E-state index contributed by atoms with van der Waals surface area (Å²) in [6, 6.07) is 1.61. The summed E-state index contributed by atoms with van der Waals surface area (Å²) in [6.45, 7) is 1.07. The van der Waals surface area contributed by atoms with Crippen molar-refractivity contribution in [3.8, 4) is 0 Å². The van der Waals surface area contributed by atoms with E-state index in [1.165, 1.54) is 19.0 Å². The van der Waals surface area contributed by atoms with Crippen molar-refractivity contribution in [2.45, 2.75) is 39.3 Å². The van der Waals surface area contributed by atoms with E-state index in [9.17, 15) is 8.78 Å². The monoisotopic (exact) mass is 217 g/mol. The molecule has 0 aliphatic heterocycles. The van der Waals surface area contributed by atoms with Gasteiger partial charge in [-0.15, -0.1) is 0 Å². The van der Waals surface area contributed by atoms with E-state index in [-0.39, 0.29) is 0 Å². The van der Waals surface area contributed by atoms with Crippen LogP contribution in [0.25, 0.3) is 0 Å². The average Bonchev–Trinajstić information content (AvgIpc) is 2.66. The Kier molecular flexibility index (Phi) is 5.25. The van der Waals surface area contributed by atoms with Crippen LogP contribution in [-0.4, -0.2) is 16.3 Å². The van der Waals surface area contributed by atoms with E-state index in [4.69, 9.17) is 0 Å². The van der Waals surface area contributed by atoms with Crippen LogP contribution in [0.2, 0.25) is 0 Å². The molecule has 86 valence electrons. The van der Waals surface area contributed by atoms with Gasteiger partial charge in [0.05, 0.1) is 5.69 Å². The molecule has 3 nitrogen and oxygen atoms in total. The van der Waals surface area contributed by atoms with Crippen molar-refractivity contribution in [3.05, 3.63) is 18.0 Å². The molecule has 0 atom stereocenters. The van der Waals surface area contributed by atoms with Gasteiger partial charge in [0.25, 0.3) is 0 Å². The molecular formula is C10H17F2N3. The van der Waals surface area contributed by atoms with Gasteiger partial charge in [-0.25, -0.2) is 4.68 Å². The highest BCUT2D eigenvalue weighted by Gasteiger charge is 2.06. The Bertz CT molecular complexity index is 273. The molecule has 0 aliphatic rings. The molecule has 1 heterocycles. The van der Waals surface area contributed by atoms with Gasteiger partial charge < -0.3 is 5.32 Å². The van der Waals surface area contributed by atoms with Crippen molar-refractivity contribution in [2.75, 3.05) is 6.54 Å². The van der Waals surface area contributed by atoms with Gasteiger partial charge in [0, 0.05) is 12.7 Å². The SMILES string of the molecule is CCCCCNCc1ccn(C(F)F)n1. The fourth-order valence-electron chi connectivity index (χ4n) is 1.30. The molecule has 0 fully saturated rings. The van der Waals surface area contributed by atoms with Crippen LogP contribution in [0.5, 0.6) is 0 Å². The summed E-state index contributed by atoms with van der Waals surface area (Å²) < 4.78 is 25.0. The third-order valence-electron chi connectivity index (χ3n) is 2.13. The molecule has 0 unspecified atom stereocenters. The van der Waals surface area contributed by atoms with Gasteiger partial charge in [-0.3, -0.25) is 0 Å². The third kappa shape index (κ3) is 4.38. The fraction of sp³-hybridized carbons (Fsp3) is 0.700.